The van der Waals surface area contributed by atoms with E-state index in [1.165, 1.54) is 0 Å². The van der Waals surface area contributed by atoms with E-state index in [-0.39, 0.29) is 0 Å². The summed E-state index contributed by atoms with van der Waals surface area (Å²) >= 11 is 0. The van der Waals surface area contributed by atoms with E-state index in [9.17, 15) is 9.90 Å². The predicted octanol–water partition coefficient (Wildman–Crippen LogP) is 1.29. The van der Waals surface area contributed by atoms with Crippen LogP contribution in [-0.2, 0) is 18.3 Å². The van der Waals surface area contributed by atoms with E-state index in [2.05, 4.69) is 10.00 Å². The molecule has 0 spiro atoms. The Bertz CT molecular complexity index is 430. The van der Waals surface area contributed by atoms with Gasteiger partial charge in [-0.25, -0.2) is 0 Å². The number of hydrogen-bond donors (Lipinski definition) is 1. The minimum Gasteiger partial charge on any atom is -0.480 e. The molecular weight excluding hydrogens is 230 g/mol. The SMILES string of the molecule is CCC1(C(=O)O)CCCN1CCc1ccnn1C. The average molecular weight is 251 g/mol. The van der Waals surface area contributed by atoms with Crippen LogP contribution in [0.2, 0.25) is 0 Å². The van der Waals surface area contributed by atoms with Crippen LogP contribution in [0.1, 0.15) is 31.9 Å². The number of nitrogens with zero attached hydrogens (tertiary/aromatic N) is 3. The molecule has 1 unspecified atom stereocenters. The summed E-state index contributed by atoms with van der Waals surface area (Å²) in [4.78, 5) is 13.7. The Morgan fingerprint density at radius 2 is 2.39 bits per heavy atom. The first-order valence-corrected chi connectivity index (χ1v) is 6.55. The highest BCUT2D eigenvalue weighted by Crippen LogP contribution is 2.32. The van der Waals surface area contributed by atoms with Gasteiger partial charge >= 0.3 is 5.97 Å². The molecule has 1 aromatic heterocycles. The van der Waals surface area contributed by atoms with Gasteiger partial charge in [0.25, 0.3) is 0 Å². The number of likely N-dealkylation sites (tertiary alicyclic amines) is 1. The summed E-state index contributed by atoms with van der Waals surface area (Å²) in [5.41, 5.74) is 0.510. The first kappa shape index (κ1) is 13.1. The maximum absolute atomic E-state index is 11.5. The molecule has 5 nitrogen and oxygen atoms in total. The van der Waals surface area contributed by atoms with Crippen LogP contribution in [0, 0.1) is 0 Å². The van der Waals surface area contributed by atoms with E-state index in [0.717, 1.165) is 38.0 Å². The summed E-state index contributed by atoms with van der Waals surface area (Å²) in [5.74, 6) is -0.674. The van der Waals surface area contributed by atoms with E-state index in [1.54, 1.807) is 6.20 Å². The molecule has 0 saturated carbocycles. The second-order valence-electron chi connectivity index (χ2n) is 4.98. The van der Waals surface area contributed by atoms with E-state index in [0.29, 0.717) is 6.42 Å². The minimum atomic E-state index is -0.674. The molecule has 1 aromatic rings. The summed E-state index contributed by atoms with van der Waals surface area (Å²) in [7, 11) is 1.92. The molecule has 18 heavy (non-hydrogen) atoms. The molecule has 0 radical (unpaired) electrons. The van der Waals surface area contributed by atoms with Gasteiger partial charge in [0.1, 0.15) is 5.54 Å². The van der Waals surface area contributed by atoms with Crippen LogP contribution in [0.3, 0.4) is 0 Å². The van der Waals surface area contributed by atoms with Crippen molar-refractivity contribution >= 4 is 5.97 Å². The fraction of sp³-hybridized carbons (Fsp3) is 0.692. The highest BCUT2D eigenvalue weighted by Gasteiger charge is 2.45. The van der Waals surface area contributed by atoms with Crippen molar-refractivity contribution in [2.24, 2.45) is 7.05 Å². The first-order valence-electron chi connectivity index (χ1n) is 6.55. The molecule has 2 heterocycles. The molecule has 5 heteroatoms. The Hall–Kier alpha value is -1.36. The van der Waals surface area contributed by atoms with Gasteiger partial charge < -0.3 is 5.11 Å². The molecule has 1 saturated heterocycles. The molecule has 1 fully saturated rings. The monoisotopic (exact) mass is 251 g/mol. The van der Waals surface area contributed by atoms with Crippen LogP contribution in [0.15, 0.2) is 12.3 Å². The highest BCUT2D eigenvalue weighted by atomic mass is 16.4. The lowest BCUT2D eigenvalue weighted by Gasteiger charge is -2.33. The van der Waals surface area contributed by atoms with Gasteiger partial charge in [-0.3, -0.25) is 14.4 Å². The number of hydrogen-bond acceptors (Lipinski definition) is 3. The number of carboxylic acid groups (broad SMARTS) is 1. The molecule has 0 bridgehead atoms. The maximum Gasteiger partial charge on any atom is 0.324 e. The summed E-state index contributed by atoms with van der Waals surface area (Å²) in [6.45, 7) is 3.65. The number of aliphatic carboxylic acids is 1. The topological polar surface area (TPSA) is 58.4 Å². The van der Waals surface area contributed by atoms with Crippen LogP contribution in [-0.4, -0.2) is 44.4 Å². The summed E-state index contributed by atoms with van der Waals surface area (Å²) in [6.07, 6.45) is 5.05. The number of carbonyl (C=O) groups is 1. The van der Waals surface area contributed by atoms with Crippen LogP contribution in [0.25, 0.3) is 0 Å². The molecule has 2 rings (SSSR count). The standard InChI is InChI=1S/C13H21N3O2/c1-3-13(12(17)18)7-4-9-16(13)10-6-11-5-8-14-15(11)2/h5,8H,3-4,6-7,9-10H2,1-2H3,(H,17,18). The Morgan fingerprint density at radius 1 is 1.61 bits per heavy atom. The van der Waals surface area contributed by atoms with Crippen molar-refractivity contribution in [3.63, 3.8) is 0 Å². The Balaban J connectivity index is 2.04. The van der Waals surface area contributed by atoms with Crippen molar-refractivity contribution < 1.29 is 9.90 Å². The Labute approximate surface area is 107 Å². The lowest BCUT2D eigenvalue weighted by Crippen LogP contribution is -2.50. The zero-order valence-corrected chi connectivity index (χ0v) is 11.1. The van der Waals surface area contributed by atoms with Gasteiger partial charge in [0.05, 0.1) is 0 Å². The second-order valence-corrected chi connectivity index (χ2v) is 4.98. The van der Waals surface area contributed by atoms with Crippen molar-refractivity contribution in [2.45, 2.75) is 38.1 Å². The van der Waals surface area contributed by atoms with Crippen molar-refractivity contribution in [1.82, 2.24) is 14.7 Å². The van der Waals surface area contributed by atoms with Gasteiger partial charge in [-0.1, -0.05) is 6.92 Å². The molecule has 0 aliphatic carbocycles. The molecule has 1 aliphatic heterocycles. The molecule has 1 N–H and O–H groups in total. The number of carboxylic acids is 1. The number of aromatic nitrogens is 2. The van der Waals surface area contributed by atoms with Crippen molar-refractivity contribution in [1.29, 1.82) is 0 Å². The third-order valence-corrected chi connectivity index (χ3v) is 4.17. The van der Waals surface area contributed by atoms with Gasteiger partial charge in [-0.2, -0.15) is 5.10 Å². The molecular formula is C13H21N3O2. The summed E-state index contributed by atoms with van der Waals surface area (Å²) < 4.78 is 1.85. The third kappa shape index (κ3) is 2.14. The largest absolute Gasteiger partial charge is 0.480 e. The van der Waals surface area contributed by atoms with E-state index >= 15 is 0 Å². The van der Waals surface area contributed by atoms with Crippen LogP contribution >= 0.6 is 0 Å². The molecule has 0 aromatic carbocycles. The average Bonchev–Trinajstić information content (AvgIpc) is 2.93. The second kappa shape index (κ2) is 5.10. The van der Waals surface area contributed by atoms with Crippen molar-refractivity contribution in [2.75, 3.05) is 13.1 Å². The molecule has 100 valence electrons. The highest BCUT2D eigenvalue weighted by molar-refractivity contribution is 5.79. The van der Waals surface area contributed by atoms with Gasteiger partial charge in [-0.05, 0) is 31.9 Å². The van der Waals surface area contributed by atoms with Crippen LogP contribution in [0.5, 0.6) is 0 Å². The number of rotatable bonds is 5. The van der Waals surface area contributed by atoms with Gasteiger partial charge in [0, 0.05) is 31.9 Å². The summed E-state index contributed by atoms with van der Waals surface area (Å²) in [6, 6.07) is 1.99. The lowest BCUT2D eigenvalue weighted by atomic mass is 9.93. The zero-order valence-electron chi connectivity index (χ0n) is 11.1. The normalized spacial score (nSPS) is 24.6. The van der Waals surface area contributed by atoms with E-state index in [1.807, 2.05) is 24.7 Å². The quantitative estimate of drug-likeness (QED) is 0.856. The van der Waals surface area contributed by atoms with Gasteiger partial charge in [0.15, 0.2) is 0 Å². The smallest absolute Gasteiger partial charge is 0.324 e. The third-order valence-electron chi connectivity index (χ3n) is 4.17. The van der Waals surface area contributed by atoms with Crippen LogP contribution in [0.4, 0.5) is 0 Å². The number of aryl methyl sites for hydroxylation is 1. The van der Waals surface area contributed by atoms with E-state index < -0.39 is 11.5 Å². The minimum absolute atomic E-state index is 0.640. The van der Waals surface area contributed by atoms with Gasteiger partial charge in [0.2, 0.25) is 0 Å². The summed E-state index contributed by atoms with van der Waals surface area (Å²) in [5, 5.41) is 13.6. The van der Waals surface area contributed by atoms with Crippen molar-refractivity contribution in [3.05, 3.63) is 18.0 Å². The Kier molecular flexibility index (Phi) is 3.71. The first-order chi connectivity index (χ1) is 8.60. The molecule has 1 atom stereocenters. The molecule has 0 amide bonds. The van der Waals surface area contributed by atoms with Gasteiger partial charge in [-0.15, -0.1) is 0 Å². The van der Waals surface area contributed by atoms with Crippen LogP contribution < -0.4 is 0 Å². The zero-order chi connectivity index (χ0) is 13.2. The fourth-order valence-corrected chi connectivity index (χ4v) is 2.95. The lowest BCUT2D eigenvalue weighted by molar-refractivity contribution is -0.150. The Morgan fingerprint density at radius 3 is 2.94 bits per heavy atom. The molecule has 1 aliphatic rings. The predicted molar refractivity (Wildman–Crippen MR) is 68.4 cm³/mol. The van der Waals surface area contributed by atoms with E-state index in [4.69, 9.17) is 0 Å². The fourth-order valence-electron chi connectivity index (χ4n) is 2.95. The van der Waals surface area contributed by atoms with Crippen molar-refractivity contribution in [3.8, 4) is 0 Å². The maximum atomic E-state index is 11.5.